The van der Waals surface area contributed by atoms with Gasteiger partial charge in [0, 0.05) is 5.69 Å². The highest BCUT2D eigenvalue weighted by Crippen LogP contribution is 2.45. The largest absolute Gasteiger partial charge is 0.479 e. The summed E-state index contributed by atoms with van der Waals surface area (Å²) in [7, 11) is 0. The van der Waals surface area contributed by atoms with Gasteiger partial charge in [0.2, 0.25) is 0 Å². The number of hydrogen-bond donors (Lipinski definition) is 2. The standard InChI is InChI=1S/C16H23NO2/c1-12-11-15(2,3)9-10-16(12,14(18)19)17-13-7-5-4-6-8-13/h4-8,12,17H,9-11H2,1-3H3,(H,18,19). The van der Waals surface area contributed by atoms with E-state index < -0.39 is 11.5 Å². The molecule has 2 unspecified atom stereocenters. The summed E-state index contributed by atoms with van der Waals surface area (Å²) in [6.07, 6.45) is 2.54. The van der Waals surface area contributed by atoms with E-state index in [0.29, 0.717) is 6.42 Å². The Kier molecular flexibility index (Phi) is 3.57. The van der Waals surface area contributed by atoms with Crippen LogP contribution in [-0.2, 0) is 4.79 Å². The van der Waals surface area contributed by atoms with Gasteiger partial charge in [-0.3, -0.25) is 0 Å². The molecular formula is C16H23NO2. The molecule has 2 N–H and O–H groups in total. The number of benzene rings is 1. The van der Waals surface area contributed by atoms with Gasteiger partial charge >= 0.3 is 5.97 Å². The molecule has 19 heavy (non-hydrogen) atoms. The predicted molar refractivity (Wildman–Crippen MR) is 77.2 cm³/mol. The van der Waals surface area contributed by atoms with E-state index in [2.05, 4.69) is 19.2 Å². The summed E-state index contributed by atoms with van der Waals surface area (Å²) in [5.41, 5.74) is 0.282. The lowest BCUT2D eigenvalue weighted by molar-refractivity contribution is -0.146. The first-order valence-corrected chi connectivity index (χ1v) is 6.92. The van der Waals surface area contributed by atoms with E-state index in [1.807, 2.05) is 37.3 Å². The fraction of sp³-hybridized carbons (Fsp3) is 0.562. The Bertz CT molecular complexity index is 455. The normalized spacial score (nSPS) is 29.7. The molecule has 2 rings (SSSR count). The molecule has 1 aliphatic rings. The van der Waals surface area contributed by atoms with Gasteiger partial charge in [0.1, 0.15) is 5.54 Å². The van der Waals surface area contributed by atoms with Gasteiger partial charge in [0.15, 0.2) is 0 Å². The number of carbonyl (C=O) groups is 1. The van der Waals surface area contributed by atoms with Gasteiger partial charge in [-0.1, -0.05) is 39.0 Å². The minimum atomic E-state index is -0.836. The molecule has 0 radical (unpaired) electrons. The van der Waals surface area contributed by atoms with Crippen LogP contribution in [0.5, 0.6) is 0 Å². The Balaban J connectivity index is 2.27. The maximum absolute atomic E-state index is 11.8. The summed E-state index contributed by atoms with van der Waals surface area (Å²) >= 11 is 0. The van der Waals surface area contributed by atoms with Crippen LogP contribution in [0.4, 0.5) is 5.69 Å². The first-order valence-electron chi connectivity index (χ1n) is 6.92. The Morgan fingerprint density at radius 1 is 1.26 bits per heavy atom. The number of nitrogens with one attached hydrogen (secondary N) is 1. The number of hydrogen-bond acceptors (Lipinski definition) is 2. The average Bonchev–Trinajstić information content (AvgIpc) is 2.33. The van der Waals surface area contributed by atoms with Crippen molar-refractivity contribution in [3.8, 4) is 0 Å². The number of para-hydroxylation sites is 1. The Morgan fingerprint density at radius 3 is 2.42 bits per heavy atom. The molecule has 0 aliphatic heterocycles. The molecule has 0 saturated heterocycles. The molecule has 104 valence electrons. The smallest absolute Gasteiger partial charge is 0.329 e. The predicted octanol–water partition coefficient (Wildman–Crippen LogP) is 3.77. The molecule has 1 saturated carbocycles. The van der Waals surface area contributed by atoms with Crippen molar-refractivity contribution in [3.63, 3.8) is 0 Å². The number of aliphatic carboxylic acids is 1. The van der Waals surface area contributed by atoms with Crippen LogP contribution in [0.25, 0.3) is 0 Å². The average molecular weight is 261 g/mol. The molecular weight excluding hydrogens is 238 g/mol. The van der Waals surface area contributed by atoms with Gasteiger partial charge in [-0.05, 0) is 42.7 Å². The van der Waals surface area contributed by atoms with Crippen molar-refractivity contribution in [1.82, 2.24) is 0 Å². The lowest BCUT2D eigenvalue weighted by atomic mass is 9.63. The van der Waals surface area contributed by atoms with Crippen LogP contribution in [0.15, 0.2) is 30.3 Å². The fourth-order valence-electron chi connectivity index (χ4n) is 3.22. The highest BCUT2D eigenvalue weighted by Gasteiger charge is 2.49. The van der Waals surface area contributed by atoms with Crippen molar-refractivity contribution in [2.24, 2.45) is 11.3 Å². The number of anilines is 1. The SMILES string of the molecule is CC1CC(C)(C)CCC1(Nc1ccccc1)C(=O)O. The van der Waals surface area contributed by atoms with Crippen molar-refractivity contribution < 1.29 is 9.90 Å². The quantitative estimate of drug-likeness (QED) is 0.870. The van der Waals surface area contributed by atoms with Crippen molar-refractivity contribution >= 4 is 11.7 Å². The molecule has 0 amide bonds. The van der Waals surface area contributed by atoms with E-state index in [9.17, 15) is 9.90 Å². The van der Waals surface area contributed by atoms with Crippen LogP contribution in [0.3, 0.4) is 0 Å². The zero-order valence-electron chi connectivity index (χ0n) is 11.9. The van der Waals surface area contributed by atoms with Gasteiger partial charge in [-0.2, -0.15) is 0 Å². The minimum Gasteiger partial charge on any atom is -0.479 e. The second-order valence-electron chi connectivity index (χ2n) is 6.54. The zero-order chi connectivity index (χ0) is 14.1. The first kappa shape index (κ1) is 13.9. The van der Waals surface area contributed by atoms with Crippen LogP contribution in [-0.4, -0.2) is 16.6 Å². The van der Waals surface area contributed by atoms with E-state index >= 15 is 0 Å². The van der Waals surface area contributed by atoms with E-state index in [1.165, 1.54) is 0 Å². The first-order chi connectivity index (χ1) is 8.86. The summed E-state index contributed by atoms with van der Waals surface area (Å²) < 4.78 is 0. The van der Waals surface area contributed by atoms with E-state index in [0.717, 1.165) is 18.5 Å². The second kappa shape index (κ2) is 4.87. The molecule has 0 spiro atoms. The highest BCUT2D eigenvalue weighted by atomic mass is 16.4. The summed E-state index contributed by atoms with van der Waals surface area (Å²) in [5, 5.41) is 13.0. The molecule has 3 heteroatoms. The number of carboxylic acid groups (broad SMARTS) is 1. The minimum absolute atomic E-state index is 0.106. The van der Waals surface area contributed by atoms with E-state index in [-0.39, 0.29) is 11.3 Å². The van der Waals surface area contributed by atoms with Crippen LogP contribution in [0.2, 0.25) is 0 Å². The molecule has 1 aromatic carbocycles. The fourth-order valence-corrected chi connectivity index (χ4v) is 3.22. The third-order valence-electron chi connectivity index (χ3n) is 4.42. The molecule has 0 bridgehead atoms. The molecule has 2 atom stereocenters. The monoisotopic (exact) mass is 261 g/mol. The van der Waals surface area contributed by atoms with Gasteiger partial charge in [-0.25, -0.2) is 4.79 Å². The lowest BCUT2D eigenvalue weighted by Gasteiger charge is -2.46. The van der Waals surface area contributed by atoms with Crippen molar-refractivity contribution in [3.05, 3.63) is 30.3 Å². The maximum Gasteiger partial charge on any atom is 0.329 e. The van der Waals surface area contributed by atoms with E-state index in [4.69, 9.17) is 0 Å². The Hall–Kier alpha value is -1.51. The van der Waals surface area contributed by atoms with Crippen LogP contribution >= 0.6 is 0 Å². The third kappa shape index (κ3) is 2.75. The molecule has 1 fully saturated rings. The van der Waals surface area contributed by atoms with Gasteiger partial charge in [0.05, 0.1) is 0 Å². The van der Waals surface area contributed by atoms with E-state index in [1.54, 1.807) is 0 Å². The molecule has 3 nitrogen and oxygen atoms in total. The maximum atomic E-state index is 11.8. The van der Waals surface area contributed by atoms with Crippen LogP contribution < -0.4 is 5.32 Å². The molecule has 0 heterocycles. The third-order valence-corrected chi connectivity index (χ3v) is 4.42. The summed E-state index contributed by atoms with van der Waals surface area (Å²) in [6.45, 7) is 6.49. The van der Waals surface area contributed by atoms with Crippen LogP contribution in [0.1, 0.15) is 40.0 Å². The zero-order valence-corrected chi connectivity index (χ0v) is 11.9. The second-order valence-corrected chi connectivity index (χ2v) is 6.54. The van der Waals surface area contributed by atoms with Gasteiger partial charge in [-0.15, -0.1) is 0 Å². The van der Waals surface area contributed by atoms with Crippen molar-refractivity contribution in [2.75, 3.05) is 5.32 Å². The lowest BCUT2D eigenvalue weighted by Crippen LogP contribution is -2.55. The molecule has 0 aromatic heterocycles. The summed E-state index contributed by atoms with van der Waals surface area (Å²) in [6, 6.07) is 9.64. The molecule has 1 aromatic rings. The number of carboxylic acids is 1. The van der Waals surface area contributed by atoms with Crippen molar-refractivity contribution in [1.29, 1.82) is 0 Å². The number of rotatable bonds is 3. The molecule has 1 aliphatic carbocycles. The Morgan fingerprint density at radius 2 is 1.89 bits per heavy atom. The Labute approximate surface area is 115 Å². The van der Waals surface area contributed by atoms with Gasteiger partial charge in [0.25, 0.3) is 0 Å². The van der Waals surface area contributed by atoms with Crippen LogP contribution in [0, 0.1) is 11.3 Å². The topological polar surface area (TPSA) is 49.3 Å². The highest BCUT2D eigenvalue weighted by molar-refractivity contribution is 5.83. The van der Waals surface area contributed by atoms with Gasteiger partial charge < -0.3 is 10.4 Å². The summed E-state index contributed by atoms with van der Waals surface area (Å²) in [5.74, 6) is -0.631. The van der Waals surface area contributed by atoms with Crippen molar-refractivity contribution in [2.45, 2.75) is 45.6 Å². The summed E-state index contributed by atoms with van der Waals surface area (Å²) in [4.78, 5) is 11.8.